The lowest BCUT2D eigenvalue weighted by molar-refractivity contribution is -0.117. The Bertz CT molecular complexity index is 1170. The van der Waals surface area contributed by atoms with E-state index in [-0.39, 0.29) is 23.6 Å². The van der Waals surface area contributed by atoms with Crippen LogP contribution in [0.3, 0.4) is 0 Å². The van der Waals surface area contributed by atoms with Gasteiger partial charge in [0.25, 0.3) is 0 Å². The van der Waals surface area contributed by atoms with Crippen molar-refractivity contribution < 1.29 is 9.90 Å². The van der Waals surface area contributed by atoms with E-state index < -0.39 is 5.91 Å². The van der Waals surface area contributed by atoms with Crippen LogP contribution in [0, 0.1) is 11.3 Å². The van der Waals surface area contributed by atoms with Crippen molar-refractivity contribution in [2.45, 2.75) is 6.42 Å². The van der Waals surface area contributed by atoms with Gasteiger partial charge in [-0.2, -0.15) is 5.26 Å². The van der Waals surface area contributed by atoms with Gasteiger partial charge in [-0.1, -0.05) is 18.2 Å². The van der Waals surface area contributed by atoms with Crippen molar-refractivity contribution >= 4 is 23.1 Å². The summed E-state index contributed by atoms with van der Waals surface area (Å²) < 4.78 is 0. The number of rotatable bonds is 7. The van der Waals surface area contributed by atoms with Gasteiger partial charge in [-0.15, -0.1) is 0 Å². The summed E-state index contributed by atoms with van der Waals surface area (Å²) in [6.07, 6.45) is 0.195. The Kier molecular flexibility index (Phi) is 6.26. The van der Waals surface area contributed by atoms with Crippen LogP contribution < -0.4 is 21.7 Å². The third-order valence-corrected chi connectivity index (χ3v) is 4.82. The van der Waals surface area contributed by atoms with Crippen LogP contribution in [0.5, 0.6) is 5.75 Å². The van der Waals surface area contributed by atoms with Crippen molar-refractivity contribution in [3.05, 3.63) is 54.1 Å². The smallest absolute Gasteiger partial charge is 0.219 e. The minimum absolute atomic E-state index is 0.0711. The second-order valence-electron chi connectivity index (χ2n) is 7.21. The molecule has 3 aromatic rings. The maximum absolute atomic E-state index is 11.1. The number of aromatic hydroxyl groups is 1. The molecule has 0 aliphatic rings. The Morgan fingerprint density at radius 2 is 1.94 bits per heavy atom. The Hall–Kier alpha value is -4.25. The highest BCUT2D eigenvalue weighted by atomic mass is 16.3. The van der Waals surface area contributed by atoms with Crippen molar-refractivity contribution in [2.75, 3.05) is 36.6 Å². The predicted molar refractivity (Wildman–Crippen MR) is 123 cm³/mol. The SMILES string of the molecule is CN(C)c1ccc(-c2cc(-c3ccccc3O)nc(N)c2C#N)cc1NCCC(N)=O. The van der Waals surface area contributed by atoms with Gasteiger partial charge in [-0.3, -0.25) is 4.79 Å². The number of aromatic nitrogens is 1. The van der Waals surface area contributed by atoms with Gasteiger partial charge in [0.1, 0.15) is 23.2 Å². The molecule has 1 aromatic heterocycles. The second-order valence-corrected chi connectivity index (χ2v) is 7.21. The van der Waals surface area contributed by atoms with E-state index in [0.717, 1.165) is 16.9 Å². The third-order valence-electron chi connectivity index (χ3n) is 4.82. The van der Waals surface area contributed by atoms with Gasteiger partial charge in [0, 0.05) is 38.2 Å². The fourth-order valence-electron chi connectivity index (χ4n) is 3.29. The molecule has 1 amide bonds. The van der Waals surface area contributed by atoms with Crippen LogP contribution in [0.1, 0.15) is 12.0 Å². The summed E-state index contributed by atoms with van der Waals surface area (Å²) in [6.45, 7) is 0.381. The second kappa shape index (κ2) is 9.05. The normalized spacial score (nSPS) is 10.4. The Labute approximate surface area is 180 Å². The molecular formula is C23H24N6O2. The third kappa shape index (κ3) is 4.67. The monoisotopic (exact) mass is 416 g/mol. The van der Waals surface area contributed by atoms with E-state index in [1.165, 1.54) is 0 Å². The summed E-state index contributed by atoms with van der Waals surface area (Å²) in [5.74, 6) is -0.240. The highest BCUT2D eigenvalue weighted by molar-refractivity contribution is 5.85. The molecule has 0 aliphatic heterocycles. The minimum Gasteiger partial charge on any atom is -0.507 e. The molecule has 0 radical (unpaired) electrons. The largest absolute Gasteiger partial charge is 0.507 e. The number of phenols is 1. The molecule has 1 heterocycles. The van der Waals surface area contributed by atoms with E-state index in [4.69, 9.17) is 11.5 Å². The molecule has 0 atom stereocenters. The number of hydrogen-bond donors (Lipinski definition) is 4. The number of pyridine rings is 1. The van der Waals surface area contributed by atoms with Crippen LogP contribution in [0.15, 0.2) is 48.5 Å². The Morgan fingerprint density at radius 1 is 1.19 bits per heavy atom. The lowest BCUT2D eigenvalue weighted by atomic mass is 9.97. The Morgan fingerprint density at radius 3 is 2.58 bits per heavy atom. The number of nitrogens with two attached hydrogens (primary N) is 2. The summed E-state index contributed by atoms with van der Waals surface area (Å²) in [5.41, 5.74) is 15.6. The molecular weight excluding hydrogens is 392 g/mol. The quantitative estimate of drug-likeness (QED) is 0.464. The van der Waals surface area contributed by atoms with E-state index in [0.29, 0.717) is 23.4 Å². The first kappa shape index (κ1) is 21.5. The molecule has 0 saturated heterocycles. The van der Waals surface area contributed by atoms with E-state index in [1.54, 1.807) is 30.3 Å². The number of hydrogen-bond acceptors (Lipinski definition) is 7. The summed E-state index contributed by atoms with van der Waals surface area (Å²) >= 11 is 0. The van der Waals surface area contributed by atoms with E-state index >= 15 is 0 Å². The van der Waals surface area contributed by atoms with Gasteiger partial charge >= 0.3 is 0 Å². The fraction of sp³-hybridized carbons (Fsp3) is 0.174. The molecule has 0 fully saturated rings. The first-order chi connectivity index (χ1) is 14.8. The van der Waals surface area contributed by atoms with Crippen molar-refractivity contribution in [3.63, 3.8) is 0 Å². The summed E-state index contributed by atoms with van der Waals surface area (Å²) in [7, 11) is 3.82. The number of anilines is 3. The molecule has 0 aliphatic carbocycles. The maximum atomic E-state index is 11.1. The standard InChI is InChI=1S/C23H24N6O2/c1-29(2)20-8-7-14(11-19(20)27-10-9-22(25)31)16-12-18(28-23(26)17(16)13-24)15-5-3-4-6-21(15)30/h3-8,11-12,27,30H,9-10H2,1-2H3,(H2,25,31)(H2,26,28). The Balaban J connectivity index is 2.13. The number of nitrogens with one attached hydrogen (secondary N) is 1. The highest BCUT2D eigenvalue weighted by Gasteiger charge is 2.16. The maximum Gasteiger partial charge on any atom is 0.219 e. The molecule has 31 heavy (non-hydrogen) atoms. The number of carbonyl (C=O) groups is 1. The number of carbonyl (C=O) groups excluding carboxylic acids is 1. The van der Waals surface area contributed by atoms with Gasteiger partial charge in [0.2, 0.25) is 5.91 Å². The number of amides is 1. The van der Waals surface area contributed by atoms with E-state index in [9.17, 15) is 15.2 Å². The average molecular weight is 416 g/mol. The molecule has 0 spiro atoms. The predicted octanol–water partition coefficient (Wildman–Crippen LogP) is 2.93. The van der Waals surface area contributed by atoms with Crippen molar-refractivity contribution in [2.24, 2.45) is 5.73 Å². The highest BCUT2D eigenvalue weighted by Crippen LogP contribution is 2.37. The fourth-order valence-corrected chi connectivity index (χ4v) is 3.29. The van der Waals surface area contributed by atoms with Crippen LogP contribution in [0.2, 0.25) is 0 Å². The molecule has 3 rings (SSSR count). The van der Waals surface area contributed by atoms with Crippen LogP contribution in [0.25, 0.3) is 22.4 Å². The van der Waals surface area contributed by atoms with Gasteiger partial charge in [0.05, 0.1) is 17.1 Å². The topological polar surface area (TPSA) is 141 Å². The minimum atomic E-state index is -0.393. The zero-order valence-corrected chi connectivity index (χ0v) is 17.4. The number of nitrogen functional groups attached to an aromatic ring is 1. The molecule has 0 bridgehead atoms. The molecule has 6 N–H and O–H groups in total. The summed E-state index contributed by atoms with van der Waals surface area (Å²) in [4.78, 5) is 17.4. The molecule has 158 valence electrons. The van der Waals surface area contributed by atoms with Crippen molar-refractivity contribution in [1.29, 1.82) is 5.26 Å². The number of nitrogens with zero attached hydrogens (tertiary/aromatic N) is 3. The summed E-state index contributed by atoms with van der Waals surface area (Å²) in [6, 6.07) is 16.4. The van der Waals surface area contributed by atoms with Gasteiger partial charge < -0.3 is 26.8 Å². The summed E-state index contributed by atoms with van der Waals surface area (Å²) in [5, 5.41) is 23.2. The van der Waals surface area contributed by atoms with Gasteiger partial charge in [-0.25, -0.2) is 4.98 Å². The zero-order valence-electron chi connectivity index (χ0n) is 17.4. The van der Waals surface area contributed by atoms with Crippen LogP contribution in [-0.2, 0) is 4.79 Å². The van der Waals surface area contributed by atoms with Crippen molar-refractivity contribution in [1.82, 2.24) is 4.98 Å². The average Bonchev–Trinajstić information content (AvgIpc) is 2.73. The van der Waals surface area contributed by atoms with Crippen molar-refractivity contribution in [3.8, 4) is 34.2 Å². The first-order valence-corrected chi connectivity index (χ1v) is 9.64. The van der Waals surface area contributed by atoms with Crippen LogP contribution in [0.4, 0.5) is 17.2 Å². The number of benzene rings is 2. The molecule has 2 aromatic carbocycles. The lowest BCUT2D eigenvalue weighted by Gasteiger charge is -2.20. The lowest BCUT2D eigenvalue weighted by Crippen LogP contribution is -2.17. The molecule has 8 nitrogen and oxygen atoms in total. The number of para-hydroxylation sites is 1. The zero-order chi connectivity index (χ0) is 22.5. The molecule has 0 unspecified atom stereocenters. The van der Waals surface area contributed by atoms with E-state index in [1.807, 2.05) is 37.2 Å². The molecule has 0 saturated carbocycles. The van der Waals surface area contributed by atoms with Crippen LogP contribution in [-0.4, -0.2) is 36.6 Å². The number of primary amides is 1. The number of nitriles is 1. The molecule has 8 heteroatoms. The van der Waals surface area contributed by atoms with Gasteiger partial charge in [0.15, 0.2) is 0 Å². The van der Waals surface area contributed by atoms with Crippen LogP contribution >= 0.6 is 0 Å². The van der Waals surface area contributed by atoms with E-state index in [2.05, 4.69) is 16.4 Å². The van der Waals surface area contributed by atoms with Gasteiger partial charge in [-0.05, 0) is 35.9 Å². The number of phenolic OH excluding ortho intramolecular Hbond substituents is 1. The first-order valence-electron chi connectivity index (χ1n) is 9.64.